The first-order valence-electron chi connectivity index (χ1n) is 20.7. The van der Waals surface area contributed by atoms with Crippen molar-refractivity contribution in [3.63, 3.8) is 0 Å². The highest BCUT2D eigenvalue weighted by atomic mass is 32.1. The van der Waals surface area contributed by atoms with Crippen molar-refractivity contribution in [3.05, 3.63) is 212 Å². The van der Waals surface area contributed by atoms with Crippen LogP contribution in [0.15, 0.2) is 217 Å². The molecule has 3 heterocycles. The Labute approximate surface area is 362 Å². The van der Waals surface area contributed by atoms with Gasteiger partial charge in [0.1, 0.15) is 11.2 Å². The van der Waals surface area contributed by atoms with Crippen LogP contribution < -0.4 is 0 Å². The summed E-state index contributed by atoms with van der Waals surface area (Å²) in [5.41, 5.74) is 13.5. The Morgan fingerprint density at radius 2 is 0.823 bits per heavy atom. The minimum Gasteiger partial charge on any atom is -0.456 e. The van der Waals surface area contributed by atoms with Gasteiger partial charge in [-0.05, 0) is 99.1 Å². The molecule has 4 nitrogen and oxygen atoms in total. The number of rotatable bonds is 7. The van der Waals surface area contributed by atoms with Crippen LogP contribution in [-0.4, -0.2) is 15.0 Å². The van der Waals surface area contributed by atoms with Gasteiger partial charge in [-0.25, -0.2) is 15.0 Å². The lowest BCUT2D eigenvalue weighted by Gasteiger charge is -2.12. The monoisotopic (exact) mass is 809 g/mol. The van der Waals surface area contributed by atoms with E-state index < -0.39 is 0 Å². The number of furan rings is 1. The van der Waals surface area contributed by atoms with E-state index in [1.165, 1.54) is 26.6 Å². The molecule has 290 valence electrons. The average molecular weight is 810 g/mol. The van der Waals surface area contributed by atoms with Crippen molar-refractivity contribution in [2.45, 2.75) is 0 Å². The molecule has 0 saturated heterocycles. The number of thiophene rings is 1. The van der Waals surface area contributed by atoms with E-state index in [0.717, 1.165) is 76.7 Å². The van der Waals surface area contributed by atoms with Gasteiger partial charge < -0.3 is 4.42 Å². The Morgan fingerprint density at radius 1 is 0.306 bits per heavy atom. The molecule has 5 heteroatoms. The van der Waals surface area contributed by atoms with Crippen LogP contribution in [0.2, 0.25) is 0 Å². The minimum absolute atomic E-state index is 0.582. The first-order chi connectivity index (χ1) is 30.7. The highest BCUT2D eigenvalue weighted by molar-refractivity contribution is 7.26. The first-order valence-corrected chi connectivity index (χ1v) is 21.6. The zero-order chi connectivity index (χ0) is 41.0. The second-order valence-corrected chi connectivity index (χ2v) is 16.6. The van der Waals surface area contributed by atoms with Crippen molar-refractivity contribution >= 4 is 53.4 Å². The Balaban J connectivity index is 1.03. The fraction of sp³-hybridized carbons (Fsp3) is 0. The summed E-state index contributed by atoms with van der Waals surface area (Å²) in [6, 6.07) is 74.6. The lowest BCUT2D eigenvalue weighted by Crippen LogP contribution is -2.00. The quantitative estimate of drug-likeness (QED) is 0.161. The molecule has 0 aliphatic rings. The number of benzene rings is 9. The SMILES string of the molecule is c1ccc(-c2cccc(-c3nc(-c4ccc5c(c4)oc4cccc(-c6cc(-c7ccccc7)cc(-c7ccccc7)c6)c45)nc(-c4cccc5c4sc4ccccc45)n3)c2)cc1. The van der Waals surface area contributed by atoms with Gasteiger partial charge in [0, 0.05) is 47.6 Å². The minimum atomic E-state index is 0.582. The number of hydrogen-bond donors (Lipinski definition) is 0. The van der Waals surface area contributed by atoms with E-state index in [4.69, 9.17) is 19.4 Å². The third-order valence-corrected chi connectivity index (χ3v) is 12.9. The topological polar surface area (TPSA) is 51.8 Å². The zero-order valence-electron chi connectivity index (χ0n) is 33.4. The van der Waals surface area contributed by atoms with E-state index in [0.29, 0.717) is 17.5 Å². The molecule has 12 aromatic rings. The lowest BCUT2D eigenvalue weighted by molar-refractivity contribution is 0.669. The lowest BCUT2D eigenvalue weighted by atomic mass is 9.91. The van der Waals surface area contributed by atoms with Crippen LogP contribution in [0, 0.1) is 0 Å². The smallest absolute Gasteiger partial charge is 0.165 e. The first kappa shape index (κ1) is 35.9. The van der Waals surface area contributed by atoms with Crippen LogP contribution in [0.4, 0.5) is 0 Å². The van der Waals surface area contributed by atoms with Crippen molar-refractivity contribution in [1.29, 1.82) is 0 Å². The van der Waals surface area contributed by atoms with Gasteiger partial charge >= 0.3 is 0 Å². The molecular formula is C57H35N3OS. The van der Waals surface area contributed by atoms with Crippen LogP contribution in [0.25, 0.3) is 121 Å². The summed E-state index contributed by atoms with van der Waals surface area (Å²) < 4.78 is 9.11. The van der Waals surface area contributed by atoms with Crippen LogP contribution in [-0.2, 0) is 0 Å². The average Bonchev–Trinajstić information content (AvgIpc) is 3.93. The molecule has 12 rings (SSSR count). The highest BCUT2D eigenvalue weighted by Crippen LogP contribution is 2.42. The highest BCUT2D eigenvalue weighted by Gasteiger charge is 2.20. The van der Waals surface area contributed by atoms with Gasteiger partial charge in [0.2, 0.25) is 0 Å². The zero-order valence-corrected chi connectivity index (χ0v) is 34.2. The molecule has 0 saturated carbocycles. The van der Waals surface area contributed by atoms with Crippen molar-refractivity contribution in [2.75, 3.05) is 0 Å². The molecule has 62 heavy (non-hydrogen) atoms. The van der Waals surface area contributed by atoms with Crippen LogP contribution in [0.1, 0.15) is 0 Å². The van der Waals surface area contributed by atoms with Gasteiger partial charge in [0.25, 0.3) is 0 Å². The summed E-state index contributed by atoms with van der Waals surface area (Å²) in [6.07, 6.45) is 0. The summed E-state index contributed by atoms with van der Waals surface area (Å²) in [5.74, 6) is 1.83. The predicted octanol–water partition coefficient (Wildman–Crippen LogP) is 15.8. The second kappa shape index (κ2) is 14.9. The van der Waals surface area contributed by atoms with Gasteiger partial charge in [0.05, 0.1) is 0 Å². The number of hydrogen-bond acceptors (Lipinski definition) is 5. The second-order valence-electron chi connectivity index (χ2n) is 15.6. The van der Waals surface area contributed by atoms with E-state index in [2.05, 4.69) is 206 Å². The van der Waals surface area contributed by atoms with Crippen LogP contribution in [0.3, 0.4) is 0 Å². The number of fused-ring (bicyclic) bond motifs is 6. The molecule has 0 radical (unpaired) electrons. The van der Waals surface area contributed by atoms with Gasteiger partial charge in [-0.15, -0.1) is 11.3 Å². The molecule has 0 aliphatic heterocycles. The van der Waals surface area contributed by atoms with Crippen molar-refractivity contribution in [1.82, 2.24) is 15.0 Å². The van der Waals surface area contributed by atoms with Crippen LogP contribution in [0.5, 0.6) is 0 Å². The number of nitrogens with zero attached hydrogens (tertiary/aromatic N) is 3. The molecule has 0 atom stereocenters. The molecule has 0 bridgehead atoms. The summed E-state index contributed by atoms with van der Waals surface area (Å²) >= 11 is 1.77. The maximum absolute atomic E-state index is 6.72. The van der Waals surface area contributed by atoms with Gasteiger partial charge in [0.15, 0.2) is 17.5 Å². The Bertz CT molecular complexity index is 3570. The van der Waals surface area contributed by atoms with Gasteiger partial charge in [-0.3, -0.25) is 0 Å². The molecule has 0 spiro atoms. The summed E-state index contributed by atoms with van der Waals surface area (Å²) in [5, 5.41) is 4.54. The fourth-order valence-electron chi connectivity index (χ4n) is 8.73. The van der Waals surface area contributed by atoms with Crippen molar-refractivity contribution < 1.29 is 4.42 Å². The van der Waals surface area contributed by atoms with Gasteiger partial charge in [-0.2, -0.15) is 0 Å². The van der Waals surface area contributed by atoms with Crippen molar-refractivity contribution in [2.24, 2.45) is 0 Å². The maximum atomic E-state index is 6.72. The third-order valence-electron chi connectivity index (χ3n) is 11.7. The molecule has 0 amide bonds. The van der Waals surface area contributed by atoms with E-state index in [1.54, 1.807) is 11.3 Å². The molecule has 0 N–H and O–H groups in total. The predicted molar refractivity (Wildman–Crippen MR) is 258 cm³/mol. The summed E-state index contributed by atoms with van der Waals surface area (Å²) in [6.45, 7) is 0. The van der Waals surface area contributed by atoms with E-state index in [1.807, 2.05) is 6.07 Å². The van der Waals surface area contributed by atoms with E-state index in [-0.39, 0.29) is 0 Å². The molecule has 0 fully saturated rings. The Kier molecular flexibility index (Phi) is 8.65. The Hall–Kier alpha value is -7.99. The largest absolute Gasteiger partial charge is 0.456 e. The summed E-state index contributed by atoms with van der Waals surface area (Å²) in [7, 11) is 0. The standard InChI is InChI=1S/C57H35N3OS/c1-4-15-36(16-5-1)39-21-12-22-40(31-39)55-58-56(60-57(59-55)49-26-13-25-47-46-23-10-11-28-52(46)62-54(47)49)41-29-30-48-51(35-41)61-50-27-14-24-45(53(48)50)44-33-42(37-17-6-2-7-18-37)32-43(34-44)38-19-8-3-9-20-38/h1-35H. The molecule has 9 aromatic carbocycles. The molecule has 0 aliphatic carbocycles. The molecule has 0 unspecified atom stereocenters. The van der Waals surface area contributed by atoms with Crippen molar-refractivity contribution in [3.8, 4) is 78.7 Å². The fourth-order valence-corrected chi connectivity index (χ4v) is 9.94. The van der Waals surface area contributed by atoms with E-state index >= 15 is 0 Å². The third kappa shape index (κ3) is 6.35. The van der Waals surface area contributed by atoms with E-state index in [9.17, 15) is 0 Å². The maximum Gasteiger partial charge on any atom is 0.165 e. The number of aromatic nitrogens is 3. The molecular weight excluding hydrogens is 775 g/mol. The summed E-state index contributed by atoms with van der Waals surface area (Å²) in [4.78, 5) is 15.7. The van der Waals surface area contributed by atoms with Gasteiger partial charge in [-0.1, -0.05) is 158 Å². The normalized spacial score (nSPS) is 11.5. The Morgan fingerprint density at radius 3 is 1.55 bits per heavy atom. The molecule has 3 aromatic heterocycles. The van der Waals surface area contributed by atoms with Crippen LogP contribution >= 0.6 is 11.3 Å².